The number of H-pyrrole nitrogens is 1. The Bertz CT molecular complexity index is 429. The largest absolute Gasteiger partial charge is 0.355 e. The van der Waals surface area contributed by atoms with Crippen LogP contribution in [0.5, 0.6) is 0 Å². The van der Waals surface area contributed by atoms with Crippen molar-refractivity contribution in [2.24, 2.45) is 11.8 Å². The van der Waals surface area contributed by atoms with Crippen molar-refractivity contribution in [1.29, 1.82) is 0 Å². The Balaban J connectivity index is 2.21. The van der Waals surface area contributed by atoms with E-state index in [0.717, 1.165) is 24.8 Å². The van der Waals surface area contributed by atoms with Crippen molar-refractivity contribution in [3.8, 4) is 0 Å². The predicted octanol–water partition coefficient (Wildman–Crippen LogP) is 1.86. The molecule has 1 aliphatic heterocycles. The summed E-state index contributed by atoms with van der Waals surface area (Å²) in [6.07, 6.45) is 2.69. The van der Waals surface area contributed by atoms with Gasteiger partial charge in [0.2, 0.25) is 0 Å². The maximum Gasteiger partial charge on any atom is 0.266 e. The zero-order chi connectivity index (χ0) is 11.7. The average Bonchev–Trinajstić information content (AvgIpc) is 2.71. The lowest BCUT2D eigenvalue weighted by Gasteiger charge is -2.19. The van der Waals surface area contributed by atoms with E-state index in [0.29, 0.717) is 9.49 Å². The molecule has 0 amide bonds. The Morgan fingerprint density at radius 2 is 2.38 bits per heavy atom. The van der Waals surface area contributed by atoms with Gasteiger partial charge in [-0.2, -0.15) is 0 Å². The molecule has 88 valence electrons. The minimum atomic E-state index is -0.0430. The van der Waals surface area contributed by atoms with Gasteiger partial charge in [0.05, 0.1) is 6.33 Å². The lowest BCUT2D eigenvalue weighted by atomic mass is 9.95. The molecule has 16 heavy (non-hydrogen) atoms. The molecule has 0 radical (unpaired) electrons. The molecule has 1 aromatic heterocycles. The zero-order valence-electron chi connectivity index (χ0n) is 9.53. The maximum absolute atomic E-state index is 11.5. The summed E-state index contributed by atoms with van der Waals surface area (Å²) in [6.45, 7) is 6.54. The van der Waals surface area contributed by atoms with Crippen LogP contribution in [0.4, 0.5) is 5.82 Å². The van der Waals surface area contributed by atoms with Gasteiger partial charge in [-0.25, -0.2) is 4.98 Å². The summed E-state index contributed by atoms with van der Waals surface area (Å²) in [6, 6.07) is 0. The Kier molecular flexibility index (Phi) is 3.51. The first-order valence-corrected chi connectivity index (χ1v) is 6.65. The molecule has 4 nitrogen and oxygen atoms in total. The molecule has 1 atom stereocenters. The van der Waals surface area contributed by atoms with Crippen LogP contribution in [-0.2, 0) is 0 Å². The van der Waals surface area contributed by atoms with E-state index in [9.17, 15) is 4.79 Å². The van der Waals surface area contributed by atoms with Crippen LogP contribution in [0.2, 0.25) is 0 Å². The van der Waals surface area contributed by atoms with Crippen LogP contribution in [0.1, 0.15) is 20.3 Å². The molecule has 5 heteroatoms. The van der Waals surface area contributed by atoms with Gasteiger partial charge < -0.3 is 9.88 Å². The predicted molar refractivity (Wildman–Crippen MR) is 72.7 cm³/mol. The SMILES string of the molecule is CC(C)C1CCN(c2nc[nH]c(=O)c2I)C1. The molecule has 1 fully saturated rings. The standard InChI is InChI=1S/C11H16IN3O/c1-7(2)8-3-4-15(5-8)10-9(12)11(16)14-6-13-10/h6-8H,3-5H2,1-2H3,(H,13,14,16). The molecule has 0 bridgehead atoms. The van der Waals surface area contributed by atoms with E-state index < -0.39 is 0 Å². The molecule has 1 aromatic rings. The number of nitrogens with zero attached hydrogens (tertiary/aromatic N) is 2. The fraction of sp³-hybridized carbons (Fsp3) is 0.636. The molecule has 2 heterocycles. The van der Waals surface area contributed by atoms with Crippen LogP contribution in [0, 0.1) is 15.4 Å². The minimum Gasteiger partial charge on any atom is -0.355 e. The molecular formula is C11H16IN3O. The van der Waals surface area contributed by atoms with E-state index in [2.05, 4.69) is 51.3 Å². The average molecular weight is 333 g/mol. The topological polar surface area (TPSA) is 49.0 Å². The summed E-state index contributed by atoms with van der Waals surface area (Å²) in [7, 11) is 0. The van der Waals surface area contributed by atoms with Crippen LogP contribution in [-0.4, -0.2) is 23.1 Å². The Morgan fingerprint density at radius 1 is 1.62 bits per heavy atom. The quantitative estimate of drug-likeness (QED) is 0.841. The number of aromatic nitrogens is 2. The van der Waals surface area contributed by atoms with Crippen molar-refractivity contribution in [3.05, 3.63) is 20.3 Å². The number of anilines is 1. The van der Waals surface area contributed by atoms with Gasteiger partial charge in [0.1, 0.15) is 9.39 Å². The molecule has 1 unspecified atom stereocenters. The van der Waals surface area contributed by atoms with Gasteiger partial charge in [0, 0.05) is 13.1 Å². The Hall–Kier alpha value is -0.590. The third kappa shape index (κ3) is 2.23. The number of rotatable bonds is 2. The fourth-order valence-corrected chi connectivity index (χ4v) is 2.75. The van der Waals surface area contributed by atoms with Crippen LogP contribution in [0.25, 0.3) is 0 Å². The van der Waals surface area contributed by atoms with Crippen molar-refractivity contribution in [3.63, 3.8) is 0 Å². The lowest BCUT2D eigenvalue weighted by Crippen LogP contribution is -2.26. The first-order valence-electron chi connectivity index (χ1n) is 5.57. The molecule has 0 spiro atoms. The van der Waals surface area contributed by atoms with Gasteiger partial charge in [-0.15, -0.1) is 0 Å². The molecule has 1 saturated heterocycles. The number of hydrogen-bond donors (Lipinski definition) is 1. The summed E-state index contributed by atoms with van der Waals surface area (Å²) in [5, 5.41) is 0. The van der Waals surface area contributed by atoms with Gasteiger partial charge in [0.25, 0.3) is 5.56 Å². The van der Waals surface area contributed by atoms with Gasteiger partial charge in [-0.05, 0) is 40.8 Å². The van der Waals surface area contributed by atoms with Gasteiger partial charge in [0.15, 0.2) is 0 Å². The van der Waals surface area contributed by atoms with E-state index >= 15 is 0 Å². The van der Waals surface area contributed by atoms with E-state index in [-0.39, 0.29) is 5.56 Å². The molecule has 0 aliphatic carbocycles. The zero-order valence-corrected chi connectivity index (χ0v) is 11.7. The van der Waals surface area contributed by atoms with Gasteiger partial charge in [-0.1, -0.05) is 13.8 Å². The third-order valence-corrected chi connectivity index (χ3v) is 4.22. The first-order chi connectivity index (χ1) is 7.59. The van der Waals surface area contributed by atoms with E-state index in [1.54, 1.807) is 0 Å². The smallest absolute Gasteiger partial charge is 0.266 e. The molecule has 1 N–H and O–H groups in total. The highest BCUT2D eigenvalue weighted by Crippen LogP contribution is 2.28. The molecule has 1 aliphatic rings. The van der Waals surface area contributed by atoms with Crippen molar-refractivity contribution < 1.29 is 0 Å². The highest BCUT2D eigenvalue weighted by Gasteiger charge is 2.27. The van der Waals surface area contributed by atoms with Crippen molar-refractivity contribution in [1.82, 2.24) is 9.97 Å². The number of hydrogen-bond acceptors (Lipinski definition) is 3. The summed E-state index contributed by atoms with van der Waals surface area (Å²) in [4.78, 5) is 20.6. The van der Waals surface area contributed by atoms with E-state index in [4.69, 9.17) is 0 Å². The van der Waals surface area contributed by atoms with Crippen LogP contribution in [0.15, 0.2) is 11.1 Å². The molecule has 0 saturated carbocycles. The summed E-state index contributed by atoms with van der Waals surface area (Å²) >= 11 is 2.07. The summed E-state index contributed by atoms with van der Waals surface area (Å²) < 4.78 is 0.699. The number of aromatic amines is 1. The molecular weight excluding hydrogens is 317 g/mol. The highest BCUT2D eigenvalue weighted by molar-refractivity contribution is 14.1. The van der Waals surface area contributed by atoms with Crippen LogP contribution >= 0.6 is 22.6 Å². The Morgan fingerprint density at radius 3 is 3.00 bits per heavy atom. The monoisotopic (exact) mass is 333 g/mol. The maximum atomic E-state index is 11.5. The van der Waals surface area contributed by atoms with Crippen molar-refractivity contribution in [2.75, 3.05) is 18.0 Å². The minimum absolute atomic E-state index is 0.0430. The normalized spacial score (nSPS) is 20.8. The molecule has 2 rings (SSSR count). The number of nitrogens with one attached hydrogen (secondary N) is 1. The fourth-order valence-electron chi connectivity index (χ4n) is 2.12. The van der Waals surface area contributed by atoms with Crippen LogP contribution in [0.3, 0.4) is 0 Å². The molecule has 0 aromatic carbocycles. The summed E-state index contributed by atoms with van der Waals surface area (Å²) in [5.74, 6) is 2.26. The summed E-state index contributed by atoms with van der Waals surface area (Å²) in [5.41, 5.74) is -0.0430. The van der Waals surface area contributed by atoms with Gasteiger partial charge in [-0.3, -0.25) is 4.79 Å². The third-order valence-electron chi connectivity index (χ3n) is 3.25. The first kappa shape index (κ1) is 11.9. The van der Waals surface area contributed by atoms with Crippen LogP contribution < -0.4 is 10.5 Å². The van der Waals surface area contributed by atoms with E-state index in [1.165, 1.54) is 12.7 Å². The second-order valence-corrected chi connectivity index (χ2v) is 5.69. The second kappa shape index (κ2) is 4.73. The van der Waals surface area contributed by atoms with Crippen molar-refractivity contribution >= 4 is 28.4 Å². The van der Waals surface area contributed by atoms with Gasteiger partial charge >= 0.3 is 0 Å². The second-order valence-electron chi connectivity index (χ2n) is 4.61. The van der Waals surface area contributed by atoms with Crippen molar-refractivity contribution in [2.45, 2.75) is 20.3 Å². The lowest BCUT2D eigenvalue weighted by molar-refractivity contribution is 0.422. The Labute approximate surface area is 109 Å². The highest BCUT2D eigenvalue weighted by atomic mass is 127. The number of halogens is 1. The van der Waals surface area contributed by atoms with E-state index in [1.807, 2.05) is 0 Å².